The first-order valence-corrected chi connectivity index (χ1v) is 11.1. The topological polar surface area (TPSA) is 87.6 Å². The Hall–Kier alpha value is -4.20. The van der Waals surface area contributed by atoms with Crippen LogP contribution in [0.15, 0.2) is 71.9 Å². The minimum atomic E-state index is -0.776. The van der Waals surface area contributed by atoms with Gasteiger partial charge in [-0.25, -0.2) is 0 Å². The number of hydrogen-bond acceptors (Lipinski definition) is 7. The molecule has 0 aromatic heterocycles. The molecule has 3 rings (SSSR count). The van der Waals surface area contributed by atoms with Crippen molar-refractivity contribution in [3.8, 4) is 23.0 Å². The van der Waals surface area contributed by atoms with Crippen LogP contribution >= 0.6 is 0 Å². The molecule has 0 saturated heterocycles. The molecule has 8 nitrogen and oxygen atoms in total. The van der Waals surface area contributed by atoms with Crippen LogP contribution in [-0.2, 0) is 22.8 Å². The van der Waals surface area contributed by atoms with Gasteiger partial charge in [-0.15, -0.1) is 0 Å². The lowest BCUT2D eigenvalue weighted by Gasteiger charge is -2.13. The van der Waals surface area contributed by atoms with Gasteiger partial charge in [-0.2, -0.15) is 0 Å². The summed E-state index contributed by atoms with van der Waals surface area (Å²) in [7, 11) is 4.71. The molecule has 184 valence electrons. The highest BCUT2D eigenvalue weighted by Crippen LogP contribution is 2.29. The van der Waals surface area contributed by atoms with E-state index in [0.29, 0.717) is 36.1 Å². The van der Waals surface area contributed by atoms with Crippen LogP contribution in [0.25, 0.3) is 0 Å². The number of nitrogens with one attached hydrogen (secondary N) is 1. The zero-order chi connectivity index (χ0) is 25.0. The van der Waals surface area contributed by atoms with E-state index in [0.717, 1.165) is 16.7 Å². The Morgan fingerprint density at radius 2 is 1.54 bits per heavy atom. The highest BCUT2D eigenvalue weighted by Gasteiger charge is 2.14. The van der Waals surface area contributed by atoms with Gasteiger partial charge in [-0.1, -0.05) is 41.6 Å². The quantitative estimate of drug-likeness (QED) is 0.308. The van der Waals surface area contributed by atoms with Gasteiger partial charge in [-0.3, -0.25) is 4.79 Å². The molecule has 0 saturated carbocycles. The van der Waals surface area contributed by atoms with E-state index < -0.39 is 6.10 Å². The van der Waals surface area contributed by atoms with Gasteiger partial charge in [0.05, 0.1) is 27.5 Å². The fourth-order valence-corrected chi connectivity index (χ4v) is 3.17. The molecule has 1 N–H and O–H groups in total. The van der Waals surface area contributed by atoms with Gasteiger partial charge in [0.25, 0.3) is 5.91 Å². The second-order valence-corrected chi connectivity index (χ2v) is 7.57. The van der Waals surface area contributed by atoms with Gasteiger partial charge >= 0.3 is 0 Å². The van der Waals surface area contributed by atoms with E-state index in [4.69, 9.17) is 23.8 Å². The zero-order valence-corrected chi connectivity index (χ0v) is 20.3. The highest BCUT2D eigenvalue weighted by molar-refractivity contribution is 5.82. The predicted molar refractivity (Wildman–Crippen MR) is 133 cm³/mol. The third-order valence-corrected chi connectivity index (χ3v) is 5.13. The summed E-state index contributed by atoms with van der Waals surface area (Å²) in [6, 6.07) is 20.8. The van der Waals surface area contributed by atoms with Gasteiger partial charge in [0.15, 0.2) is 23.0 Å². The van der Waals surface area contributed by atoms with Crippen LogP contribution < -0.4 is 24.3 Å². The molecule has 0 heterocycles. The van der Waals surface area contributed by atoms with Crippen LogP contribution in [-0.4, -0.2) is 39.6 Å². The lowest BCUT2D eigenvalue weighted by atomic mass is 10.2. The highest BCUT2D eigenvalue weighted by atomic mass is 16.6. The summed E-state index contributed by atoms with van der Waals surface area (Å²) in [4.78, 5) is 17.7. The van der Waals surface area contributed by atoms with Gasteiger partial charge in [0.2, 0.25) is 6.10 Å². The summed E-state index contributed by atoms with van der Waals surface area (Å²) >= 11 is 0. The van der Waals surface area contributed by atoms with Gasteiger partial charge < -0.3 is 29.1 Å². The van der Waals surface area contributed by atoms with Gasteiger partial charge in [0.1, 0.15) is 6.61 Å². The number of oxime groups is 1. The van der Waals surface area contributed by atoms with Crippen LogP contribution in [0.2, 0.25) is 0 Å². The van der Waals surface area contributed by atoms with E-state index in [1.165, 1.54) is 6.21 Å². The molecule has 1 unspecified atom stereocenters. The molecule has 1 atom stereocenters. The molecule has 0 bridgehead atoms. The Morgan fingerprint density at radius 1 is 0.857 bits per heavy atom. The molecule has 0 radical (unpaired) electrons. The number of rotatable bonds is 12. The molecule has 0 fully saturated rings. The average molecular weight is 479 g/mol. The summed E-state index contributed by atoms with van der Waals surface area (Å²) in [5.41, 5.74) is 2.67. The van der Waals surface area contributed by atoms with E-state index in [1.807, 2.05) is 54.6 Å². The molecule has 3 aromatic carbocycles. The number of benzene rings is 3. The smallest absolute Gasteiger partial charge is 0.263 e. The number of amides is 1. The van der Waals surface area contributed by atoms with Gasteiger partial charge in [-0.05, 0) is 48.4 Å². The monoisotopic (exact) mass is 478 g/mol. The molecule has 3 aromatic rings. The summed E-state index contributed by atoms with van der Waals surface area (Å²) < 4.78 is 21.8. The minimum absolute atomic E-state index is 0.292. The fraction of sp³-hybridized carbons (Fsp3) is 0.259. The standard InChI is InChI=1S/C27H30N2O6/c1-19(27(30)28-16-21-10-12-23(31-2)25(14-21)32-3)35-29-17-22-11-13-24(26(15-22)33-4)34-18-20-8-6-5-7-9-20/h5-15,17,19H,16,18H2,1-4H3,(H,28,30)/b29-17+. The summed E-state index contributed by atoms with van der Waals surface area (Å²) in [6.07, 6.45) is 0.739. The minimum Gasteiger partial charge on any atom is -0.493 e. The summed E-state index contributed by atoms with van der Waals surface area (Å²) in [6.45, 7) is 2.38. The second-order valence-electron chi connectivity index (χ2n) is 7.57. The summed E-state index contributed by atoms with van der Waals surface area (Å²) in [5, 5.41) is 6.77. The van der Waals surface area contributed by atoms with E-state index in [-0.39, 0.29) is 5.91 Å². The zero-order valence-electron chi connectivity index (χ0n) is 20.3. The Bertz CT molecular complexity index is 1130. The number of carbonyl (C=O) groups excluding carboxylic acids is 1. The van der Waals surface area contributed by atoms with Crippen molar-refractivity contribution in [3.05, 3.63) is 83.4 Å². The van der Waals surface area contributed by atoms with Crippen LogP contribution in [0.5, 0.6) is 23.0 Å². The second kappa shape index (κ2) is 12.9. The molecule has 1 amide bonds. The largest absolute Gasteiger partial charge is 0.493 e. The van der Waals surface area contributed by atoms with Crippen molar-refractivity contribution in [1.29, 1.82) is 0 Å². The van der Waals surface area contributed by atoms with Crippen molar-refractivity contribution in [1.82, 2.24) is 5.32 Å². The number of carbonyl (C=O) groups is 1. The fourth-order valence-electron chi connectivity index (χ4n) is 3.17. The maximum atomic E-state index is 12.4. The Morgan fingerprint density at radius 3 is 2.26 bits per heavy atom. The lowest BCUT2D eigenvalue weighted by Crippen LogP contribution is -2.33. The molecule has 0 aliphatic carbocycles. The molecule has 0 spiro atoms. The molecular formula is C27H30N2O6. The van der Waals surface area contributed by atoms with Crippen molar-refractivity contribution in [2.24, 2.45) is 5.16 Å². The summed E-state index contributed by atoms with van der Waals surface area (Å²) in [5.74, 6) is 2.13. The molecular weight excluding hydrogens is 448 g/mol. The number of hydrogen-bond donors (Lipinski definition) is 1. The van der Waals surface area contributed by atoms with Crippen LogP contribution in [0.1, 0.15) is 23.6 Å². The van der Waals surface area contributed by atoms with Crippen molar-refractivity contribution < 1.29 is 28.6 Å². The molecule has 0 aliphatic rings. The van der Waals surface area contributed by atoms with Crippen molar-refractivity contribution in [3.63, 3.8) is 0 Å². The van der Waals surface area contributed by atoms with Crippen LogP contribution in [0.3, 0.4) is 0 Å². The van der Waals surface area contributed by atoms with E-state index >= 15 is 0 Å². The normalized spacial score (nSPS) is 11.5. The Balaban J connectivity index is 1.51. The van der Waals surface area contributed by atoms with Crippen LogP contribution in [0, 0.1) is 0 Å². The lowest BCUT2D eigenvalue weighted by molar-refractivity contribution is -0.131. The predicted octanol–water partition coefficient (Wildman–Crippen LogP) is 4.35. The Labute approximate surface area is 205 Å². The number of ether oxygens (including phenoxy) is 4. The first kappa shape index (κ1) is 25.4. The van der Waals surface area contributed by atoms with E-state index in [2.05, 4.69) is 10.5 Å². The third-order valence-electron chi connectivity index (χ3n) is 5.13. The van der Waals surface area contributed by atoms with Crippen molar-refractivity contribution in [2.45, 2.75) is 26.2 Å². The number of methoxy groups -OCH3 is 3. The maximum Gasteiger partial charge on any atom is 0.263 e. The van der Waals surface area contributed by atoms with Crippen molar-refractivity contribution >= 4 is 12.1 Å². The molecule has 8 heteroatoms. The van der Waals surface area contributed by atoms with Crippen molar-refractivity contribution in [2.75, 3.05) is 21.3 Å². The average Bonchev–Trinajstić information content (AvgIpc) is 2.91. The molecule has 0 aliphatic heterocycles. The first-order valence-electron chi connectivity index (χ1n) is 11.1. The van der Waals surface area contributed by atoms with Gasteiger partial charge in [0, 0.05) is 12.1 Å². The maximum absolute atomic E-state index is 12.4. The first-order chi connectivity index (χ1) is 17.0. The van der Waals surface area contributed by atoms with Crippen LogP contribution in [0.4, 0.5) is 0 Å². The SMILES string of the molecule is COc1ccc(CNC(=O)C(C)O/N=C/c2ccc(OCc3ccccc3)c(OC)c2)cc1OC. The number of nitrogens with zero attached hydrogens (tertiary/aromatic N) is 1. The van der Waals surface area contributed by atoms with E-state index in [9.17, 15) is 4.79 Å². The molecule has 35 heavy (non-hydrogen) atoms. The Kier molecular flexibility index (Phi) is 9.36. The van der Waals surface area contributed by atoms with E-state index in [1.54, 1.807) is 40.4 Å². The third kappa shape index (κ3) is 7.40.